The highest BCUT2D eigenvalue weighted by molar-refractivity contribution is 5.69. The molecule has 0 aliphatic carbocycles. The van der Waals surface area contributed by atoms with Crippen molar-refractivity contribution in [2.24, 2.45) is 0 Å². The number of nitrogens with zero attached hydrogens (tertiary/aromatic N) is 1. The van der Waals surface area contributed by atoms with E-state index in [1.54, 1.807) is 12.1 Å². The Morgan fingerprint density at radius 2 is 2.07 bits per heavy atom. The van der Waals surface area contributed by atoms with E-state index in [1.165, 1.54) is 20.0 Å². The second-order valence-electron chi connectivity index (χ2n) is 2.82. The fraction of sp³-hybridized carbons (Fsp3) is 0.300. The van der Waals surface area contributed by atoms with Crippen molar-refractivity contribution in [1.29, 1.82) is 0 Å². The summed E-state index contributed by atoms with van der Waals surface area (Å²) >= 11 is 0. The minimum absolute atomic E-state index is 0.00120. The third-order valence-electron chi connectivity index (χ3n) is 1.51. The molecule has 0 saturated heterocycles. The van der Waals surface area contributed by atoms with Crippen molar-refractivity contribution < 1.29 is 19.1 Å². The first-order chi connectivity index (χ1) is 7.09. The maximum absolute atomic E-state index is 10.7. The van der Waals surface area contributed by atoms with Crippen LogP contribution in [0.1, 0.15) is 19.5 Å². The highest BCUT2D eigenvalue weighted by atomic mass is 16.5. The highest BCUT2D eigenvalue weighted by Gasteiger charge is 2.07. The molecule has 0 aliphatic heterocycles. The summed E-state index contributed by atoms with van der Waals surface area (Å²) in [7, 11) is 0. The molecule has 0 spiro atoms. The monoisotopic (exact) mass is 209 g/mol. The standard InChI is InChI=1S/C10H11NO4/c1-7(12)14-6-9-10(15-8(2)13)4-3-5-11-9/h3-5H,6H2,1-2H3. The van der Waals surface area contributed by atoms with E-state index in [4.69, 9.17) is 9.47 Å². The molecule has 5 nitrogen and oxygen atoms in total. The molecule has 1 heterocycles. The van der Waals surface area contributed by atoms with Crippen LogP contribution in [0.2, 0.25) is 0 Å². The minimum Gasteiger partial charge on any atom is -0.459 e. The summed E-state index contributed by atoms with van der Waals surface area (Å²) in [6.07, 6.45) is 1.53. The Kier molecular flexibility index (Phi) is 3.79. The van der Waals surface area contributed by atoms with Crippen LogP contribution in [-0.2, 0) is 20.9 Å². The lowest BCUT2D eigenvalue weighted by molar-refractivity contribution is -0.142. The van der Waals surface area contributed by atoms with Gasteiger partial charge in [0, 0.05) is 20.0 Å². The zero-order valence-electron chi connectivity index (χ0n) is 8.52. The van der Waals surface area contributed by atoms with Gasteiger partial charge in [-0.05, 0) is 12.1 Å². The second kappa shape index (κ2) is 5.09. The summed E-state index contributed by atoms with van der Waals surface area (Å²) < 4.78 is 9.64. The van der Waals surface area contributed by atoms with Crippen molar-refractivity contribution in [3.05, 3.63) is 24.0 Å². The zero-order valence-corrected chi connectivity index (χ0v) is 8.52. The van der Waals surface area contributed by atoms with E-state index in [0.29, 0.717) is 11.4 Å². The normalized spacial score (nSPS) is 9.47. The van der Waals surface area contributed by atoms with Crippen LogP contribution in [0.25, 0.3) is 0 Å². The van der Waals surface area contributed by atoms with E-state index < -0.39 is 11.9 Å². The summed E-state index contributed by atoms with van der Waals surface area (Å²) in [6, 6.07) is 3.22. The lowest BCUT2D eigenvalue weighted by Crippen LogP contribution is -2.07. The van der Waals surface area contributed by atoms with Gasteiger partial charge in [-0.15, -0.1) is 0 Å². The average Bonchev–Trinajstić information content (AvgIpc) is 2.15. The van der Waals surface area contributed by atoms with Gasteiger partial charge in [-0.25, -0.2) is 0 Å². The number of esters is 2. The van der Waals surface area contributed by atoms with Crippen LogP contribution in [0.3, 0.4) is 0 Å². The Morgan fingerprint density at radius 1 is 1.33 bits per heavy atom. The zero-order chi connectivity index (χ0) is 11.3. The van der Waals surface area contributed by atoms with Gasteiger partial charge in [-0.1, -0.05) is 0 Å². The van der Waals surface area contributed by atoms with Crippen molar-refractivity contribution >= 4 is 11.9 Å². The molecule has 15 heavy (non-hydrogen) atoms. The first-order valence-electron chi connectivity index (χ1n) is 4.35. The van der Waals surface area contributed by atoms with Crippen molar-refractivity contribution in [2.75, 3.05) is 0 Å². The predicted octanol–water partition coefficient (Wildman–Crippen LogP) is 1.07. The van der Waals surface area contributed by atoms with Crippen LogP contribution in [-0.4, -0.2) is 16.9 Å². The van der Waals surface area contributed by atoms with Gasteiger partial charge in [0.05, 0.1) is 0 Å². The number of aromatic nitrogens is 1. The number of rotatable bonds is 3. The lowest BCUT2D eigenvalue weighted by Gasteiger charge is -2.07. The van der Waals surface area contributed by atoms with Crippen molar-refractivity contribution in [2.45, 2.75) is 20.5 Å². The second-order valence-corrected chi connectivity index (χ2v) is 2.82. The predicted molar refractivity (Wildman–Crippen MR) is 51.0 cm³/mol. The number of carbonyl (C=O) groups is 2. The summed E-state index contributed by atoms with van der Waals surface area (Å²) in [5.74, 6) is -0.534. The fourth-order valence-electron chi connectivity index (χ4n) is 0.949. The molecule has 0 N–H and O–H groups in total. The van der Waals surface area contributed by atoms with E-state index in [2.05, 4.69) is 4.98 Å². The molecule has 1 aromatic heterocycles. The van der Waals surface area contributed by atoms with Crippen molar-refractivity contribution in [1.82, 2.24) is 4.98 Å². The molecular weight excluding hydrogens is 198 g/mol. The molecular formula is C10H11NO4. The van der Waals surface area contributed by atoms with Gasteiger partial charge in [0.2, 0.25) is 0 Å². The summed E-state index contributed by atoms with van der Waals surface area (Å²) in [5, 5.41) is 0. The van der Waals surface area contributed by atoms with Crippen LogP contribution in [0.15, 0.2) is 18.3 Å². The first kappa shape index (κ1) is 11.2. The summed E-state index contributed by atoms with van der Waals surface area (Å²) in [4.78, 5) is 25.3. The van der Waals surface area contributed by atoms with Gasteiger partial charge < -0.3 is 9.47 Å². The molecule has 0 radical (unpaired) electrons. The van der Waals surface area contributed by atoms with E-state index in [1.807, 2.05) is 0 Å². The Bertz CT molecular complexity index is 375. The molecule has 5 heteroatoms. The molecule has 0 unspecified atom stereocenters. The molecule has 0 aromatic carbocycles. The van der Waals surface area contributed by atoms with Crippen LogP contribution in [0, 0.1) is 0 Å². The third-order valence-corrected chi connectivity index (χ3v) is 1.51. The highest BCUT2D eigenvalue weighted by Crippen LogP contribution is 2.16. The van der Waals surface area contributed by atoms with E-state index in [0.717, 1.165) is 0 Å². The number of pyridine rings is 1. The van der Waals surface area contributed by atoms with Gasteiger partial charge in [0.25, 0.3) is 0 Å². The van der Waals surface area contributed by atoms with Gasteiger partial charge >= 0.3 is 11.9 Å². The maximum Gasteiger partial charge on any atom is 0.308 e. The number of hydrogen-bond acceptors (Lipinski definition) is 5. The SMILES string of the molecule is CC(=O)OCc1ncccc1OC(C)=O. The van der Waals surface area contributed by atoms with E-state index in [9.17, 15) is 9.59 Å². The Labute approximate surface area is 87.0 Å². The Hall–Kier alpha value is -1.91. The Balaban J connectivity index is 2.76. The molecule has 80 valence electrons. The largest absolute Gasteiger partial charge is 0.459 e. The molecule has 0 saturated carbocycles. The van der Waals surface area contributed by atoms with E-state index >= 15 is 0 Å². The smallest absolute Gasteiger partial charge is 0.308 e. The summed E-state index contributed by atoms with van der Waals surface area (Å²) in [6.45, 7) is 2.59. The number of carbonyl (C=O) groups excluding carboxylic acids is 2. The fourth-order valence-corrected chi connectivity index (χ4v) is 0.949. The van der Waals surface area contributed by atoms with Crippen LogP contribution in [0.4, 0.5) is 0 Å². The van der Waals surface area contributed by atoms with Crippen molar-refractivity contribution in [3.8, 4) is 5.75 Å². The third kappa shape index (κ3) is 3.76. The molecule has 1 aromatic rings. The van der Waals surface area contributed by atoms with Crippen LogP contribution in [0.5, 0.6) is 5.75 Å². The van der Waals surface area contributed by atoms with Crippen LogP contribution >= 0.6 is 0 Å². The number of ether oxygens (including phenoxy) is 2. The molecule has 1 rings (SSSR count). The molecule has 0 aliphatic rings. The van der Waals surface area contributed by atoms with Gasteiger partial charge in [-0.3, -0.25) is 14.6 Å². The van der Waals surface area contributed by atoms with E-state index in [-0.39, 0.29) is 6.61 Å². The molecule has 0 amide bonds. The van der Waals surface area contributed by atoms with Crippen molar-refractivity contribution in [3.63, 3.8) is 0 Å². The Morgan fingerprint density at radius 3 is 2.67 bits per heavy atom. The quantitative estimate of drug-likeness (QED) is 0.696. The number of hydrogen-bond donors (Lipinski definition) is 0. The molecule has 0 fully saturated rings. The minimum atomic E-state index is -0.438. The maximum atomic E-state index is 10.7. The topological polar surface area (TPSA) is 65.5 Å². The molecule has 0 bridgehead atoms. The first-order valence-corrected chi connectivity index (χ1v) is 4.35. The summed E-state index contributed by atoms with van der Waals surface area (Å²) in [5.41, 5.74) is 0.419. The van der Waals surface area contributed by atoms with Crippen LogP contribution < -0.4 is 4.74 Å². The van der Waals surface area contributed by atoms with Gasteiger partial charge in [0.1, 0.15) is 12.3 Å². The van der Waals surface area contributed by atoms with Gasteiger partial charge in [0.15, 0.2) is 5.75 Å². The average molecular weight is 209 g/mol. The lowest BCUT2D eigenvalue weighted by atomic mass is 10.3. The molecule has 0 atom stereocenters. The van der Waals surface area contributed by atoms with Gasteiger partial charge in [-0.2, -0.15) is 0 Å².